The highest BCUT2D eigenvalue weighted by Gasteiger charge is 2.25. The summed E-state index contributed by atoms with van der Waals surface area (Å²) in [5, 5.41) is 5.68. The van der Waals surface area contributed by atoms with Crippen molar-refractivity contribution in [2.75, 3.05) is 18.0 Å². The molecule has 3 rings (SSSR count). The maximum atomic E-state index is 4.58. The van der Waals surface area contributed by atoms with E-state index in [2.05, 4.69) is 45.5 Å². The van der Waals surface area contributed by atoms with Gasteiger partial charge in [0.15, 0.2) is 0 Å². The Morgan fingerprint density at radius 3 is 3.15 bits per heavy atom. The van der Waals surface area contributed by atoms with Crippen LogP contribution in [0.25, 0.3) is 10.2 Å². The lowest BCUT2D eigenvalue weighted by atomic mass is 10.0. The summed E-state index contributed by atoms with van der Waals surface area (Å²) in [4.78, 5) is 11.4. The Hall–Kier alpha value is -1.20. The first kappa shape index (κ1) is 13.8. The Bertz CT molecular complexity index is 566. The number of piperidine rings is 1. The number of nitrogens with zero attached hydrogens (tertiary/aromatic N) is 3. The monoisotopic (exact) mass is 290 g/mol. The molecule has 0 radical (unpaired) electrons. The van der Waals surface area contributed by atoms with Crippen LogP contribution in [0, 0.1) is 0 Å². The van der Waals surface area contributed by atoms with E-state index in [1.54, 1.807) is 17.7 Å². The highest BCUT2D eigenvalue weighted by atomic mass is 32.1. The summed E-state index contributed by atoms with van der Waals surface area (Å²) in [5.41, 5.74) is 1.07. The maximum absolute atomic E-state index is 4.58. The van der Waals surface area contributed by atoms with Crippen LogP contribution >= 0.6 is 11.3 Å². The second-order valence-corrected chi connectivity index (χ2v) is 6.65. The van der Waals surface area contributed by atoms with Crippen molar-refractivity contribution in [1.29, 1.82) is 0 Å². The lowest BCUT2D eigenvalue weighted by molar-refractivity contribution is 0.419. The number of thiophene rings is 1. The average molecular weight is 290 g/mol. The van der Waals surface area contributed by atoms with Gasteiger partial charge in [-0.05, 0) is 30.7 Å². The van der Waals surface area contributed by atoms with Gasteiger partial charge in [-0.2, -0.15) is 0 Å². The maximum Gasteiger partial charge on any atom is 0.150 e. The fourth-order valence-corrected chi connectivity index (χ4v) is 3.69. The van der Waals surface area contributed by atoms with Crippen LogP contribution in [-0.2, 0) is 0 Å². The van der Waals surface area contributed by atoms with E-state index >= 15 is 0 Å². The fraction of sp³-hybridized carbons (Fsp3) is 0.600. The van der Waals surface area contributed by atoms with Crippen molar-refractivity contribution in [3.63, 3.8) is 0 Å². The average Bonchev–Trinajstić information content (AvgIpc) is 2.93. The van der Waals surface area contributed by atoms with Crippen LogP contribution < -0.4 is 10.2 Å². The molecule has 1 N–H and O–H groups in total. The predicted molar refractivity (Wildman–Crippen MR) is 85.5 cm³/mol. The first-order valence-corrected chi connectivity index (χ1v) is 8.32. The summed E-state index contributed by atoms with van der Waals surface area (Å²) >= 11 is 1.75. The summed E-state index contributed by atoms with van der Waals surface area (Å²) < 4.78 is 1.23. The molecule has 1 fully saturated rings. The van der Waals surface area contributed by atoms with E-state index in [1.165, 1.54) is 24.0 Å². The number of rotatable bonds is 4. The van der Waals surface area contributed by atoms with Crippen molar-refractivity contribution in [1.82, 2.24) is 15.3 Å². The van der Waals surface area contributed by atoms with Gasteiger partial charge in [-0.25, -0.2) is 9.97 Å². The summed E-state index contributed by atoms with van der Waals surface area (Å²) in [6.45, 7) is 6.55. The van der Waals surface area contributed by atoms with Crippen molar-refractivity contribution in [2.24, 2.45) is 0 Å². The molecule has 1 atom stereocenters. The van der Waals surface area contributed by atoms with Crippen LogP contribution in [0.5, 0.6) is 0 Å². The number of fused-ring (bicyclic) bond motifs is 1. The molecule has 0 spiro atoms. The van der Waals surface area contributed by atoms with Crippen molar-refractivity contribution in [3.05, 3.63) is 17.8 Å². The molecule has 1 aliphatic heterocycles. The molecule has 0 aliphatic carbocycles. The van der Waals surface area contributed by atoms with Crippen LogP contribution in [0.2, 0.25) is 0 Å². The van der Waals surface area contributed by atoms with E-state index in [9.17, 15) is 0 Å². The Morgan fingerprint density at radius 1 is 1.40 bits per heavy atom. The normalized spacial score (nSPS) is 19.9. The molecule has 1 unspecified atom stereocenters. The van der Waals surface area contributed by atoms with Gasteiger partial charge in [0.2, 0.25) is 0 Å². The van der Waals surface area contributed by atoms with Gasteiger partial charge in [0, 0.05) is 25.2 Å². The lowest BCUT2D eigenvalue weighted by Crippen LogP contribution is -2.47. The second kappa shape index (κ2) is 6.06. The smallest absolute Gasteiger partial charge is 0.150 e. The second-order valence-electron chi connectivity index (χ2n) is 5.74. The Balaban J connectivity index is 1.87. The Labute approximate surface area is 124 Å². The van der Waals surface area contributed by atoms with Gasteiger partial charge in [0.05, 0.1) is 10.2 Å². The van der Waals surface area contributed by atoms with E-state index in [-0.39, 0.29) is 0 Å². The standard InChI is InChI=1S/C15H22N4S/c1-11(2)16-9-12-5-3-4-7-19(12)15-14-13(6-8-20-14)17-10-18-15/h6,8,10-12,16H,3-5,7,9H2,1-2H3. The minimum atomic E-state index is 0.533. The molecule has 0 saturated carbocycles. The highest BCUT2D eigenvalue weighted by molar-refractivity contribution is 7.17. The Kier molecular flexibility index (Phi) is 4.17. The predicted octanol–water partition coefficient (Wildman–Crippen LogP) is 3.05. The fourth-order valence-electron chi connectivity index (χ4n) is 2.84. The zero-order chi connectivity index (χ0) is 13.9. The third-order valence-corrected chi connectivity index (χ3v) is 4.78. The first-order chi connectivity index (χ1) is 9.75. The number of hydrogen-bond acceptors (Lipinski definition) is 5. The molecule has 1 aliphatic rings. The zero-order valence-corrected chi connectivity index (χ0v) is 13.0. The molecule has 2 aromatic rings. The number of nitrogens with one attached hydrogen (secondary N) is 1. The van der Waals surface area contributed by atoms with Crippen LogP contribution in [-0.4, -0.2) is 35.1 Å². The third kappa shape index (κ3) is 2.79. The van der Waals surface area contributed by atoms with E-state index in [0.717, 1.165) is 24.4 Å². The summed E-state index contributed by atoms with van der Waals surface area (Å²) in [5.74, 6) is 1.13. The molecule has 0 amide bonds. The first-order valence-electron chi connectivity index (χ1n) is 7.44. The van der Waals surface area contributed by atoms with E-state index in [4.69, 9.17) is 0 Å². The van der Waals surface area contributed by atoms with Crippen molar-refractivity contribution in [2.45, 2.75) is 45.2 Å². The molecule has 0 bridgehead atoms. The van der Waals surface area contributed by atoms with Crippen molar-refractivity contribution in [3.8, 4) is 0 Å². The molecule has 5 heteroatoms. The van der Waals surface area contributed by atoms with Crippen molar-refractivity contribution < 1.29 is 0 Å². The lowest BCUT2D eigenvalue weighted by Gasteiger charge is -2.37. The van der Waals surface area contributed by atoms with Gasteiger partial charge in [0.25, 0.3) is 0 Å². The summed E-state index contributed by atoms with van der Waals surface area (Å²) in [6.07, 6.45) is 5.52. The quantitative estimate of drug-likeness (QED) is 0.939. The Morgan fingerprint density at radius 2 is 2.30 bits per heavy atom. The topological polar surface area (TPSA) is 41.0 Å². The van der Waals surface area contributed by atoms with Gasteiger partial charge in [-0.15, -0.1) is 11.3 Å². The van der Waals surface area contributed by atoms with Crippen LogP contribution in [0.15, 0.2) is 17.8 Å². The summed E-state index contributed by atoms with van der Waals surface area (Å²) in [7, 11) is 0. The minimum Gasteiger partial charge on any atom is -0.351 e. The number of hydrogen-bond donors (Lipinski definition) is 1. The highest BCUT2D eigenvalue weighted by Crippen LogP contribution is 2.31. The van der Waals surface area contributed by atoms with Gasteiger partial charge >= 0.3 is 0 Å². The molecule has 20 heavy (non-hydrogen) atoms. The third-order valence-electron chi connectivity index (χ3n) is 3.89. The van der Waals surface area contributed by atoms with Gasteiger partial charge in [-0.1, -0.05) is 13.8 Å². The molecule has 0 aromatic carbocycles. The van der Waals surface area contributed by atoms with E-state index in [1.807, 2.05) is 0 Å². The van der Waals surface area contributed by atoms with Crippen LogP contribution in [0.3, 0.4) is 0 Å². The largest absolute Gasteiger partial charge is 0.351 e. The van der Waals surface area contributed by atoms with E-state index < -0.39 is 0 Å². The molecular weight excluding hydrogens is 268 g/mol. The zero-order valence-electron chi connectivity index (χ0n) is 12.2. The molecule has 1 saturated heterocycles. The van der Waals surface area contributed by atoms with Gasteiger partial charge in [0.1, 0.15) is 12.1 Å². The summed E-state index contributed by atoms with van der Waals surface area (Å²) in [6, 6.07) is 3.16. The molecule has 108 valence electrons. The van der Waals surface area contributed by atoms with Crippen molar-refractivity contribution >= 4 is 27.4 Å². The number of anilines is 1. The molecule has 2 aromatic heterocycles. The van der Waals surface area contributed by atoms with E-state index in [0.29, 0.717) is 12.1 Å². The SMILES string of the molecule is CC(C)NCC1CCCCN1c1ncnc2ccsc12. The van der Waals surface area contributed by atoms with Gasteiger partial charge in [-0.3, -0.25) is 0 Å². The minimum absolute atomic E-state index is 0.533. The van der Waals surface area contributed by atoms with Crippen LogP contribution in [0.1, 0.15) is 33.1 Å². The van der Waals surface area contributed by atoms with Gasteiger partial charge < -0.3 is 10.2 Å². The molecule has 3 heterocycles. The molecule has 4 nitrogen and oxygen atoms in total. The molecular formula is C15H22N4S. The number of aromatic nitrogens is 2. The van der Waals surface area contributed by atoms with Crippen LogP contribution in [0.4, 0.5) is 5.82 Å².